The van der Waals surface area contributed by atoms with Gasteiger partial charge in [0.25, 0.3) is 5.91 Å². The van der Waals surface area contributed by atoms with Crippen molar-refractivity contribution in [2.75, 3.05) is 18.2 Å². The highest BCUT2D eigenvalue weighted by atomic mass is 19.1. The van der Waals surface area contributed by atoms with Crippen molar-refractivity contribution < 1.29 is 18.3 Å². The number of nitrogens with one attached hydrogen (secondary N) is 1. The van der Waals surface area contributed by atoms with Crippen LogP contribution in [0.3, 0.4) is 0 Å². The van der Waals surface area contributed by atoms with Crippen LogP contribution in [0.2, 0.25) is 0 Å². The predicted octanol–water partition coefficient (Wildman–Crippen LogP) is 2.81. The summed E-state index contributed by atoms with van der Waals surface area (Å²) in [7, 11) is 1.51. The number of hydrogen-bond acceptors (Lipinski definition) is 3. The Balaban J connectivity index is 2.20. The molecule has 0 radical (unpaired) electrons. The molecule has 2 aromatic rings. The Kier molecular flexibility index (Phi) is 3.84. The molecule has 0 unspecified atom stereocenters. The number of ether oxygens (including phenoxy) is 1. The Labute approximate surface area is 114 Å². The van der Waals surface area contributed by atoms with E-state index in [-0.39, 0.29) is 11.4 Å². The molecule has 2 rings (SSSR count). The van der Waals surface area contributed by atoms with Gasteiger partial charge in [0.15, 0.2) is 0 Å². The van der Waals surface area contributed by atoms with Gasteiger partial charge in [-0.2, -0.15) is 0 Å². The Hall–Kier alpha value is -2.63. The van der Waals surface area contributed by atoms with Crippen molar-refractivity contribution in [3.8, 4) is 5.75 Å². The van der Waals surface area contributed by atoms with Gasteiger partial charge < -0.3 is 15.8 Å². The average Bonchev–Trinajstić information content (AvgIpc) is 2.44. The second-order valence-corrected chi connectivity index (χ2v) is 4.04. The molecule has 0 saturated carbocycles. The summed E-state index contributed by atoms with van der Waals surface area (Å²) >= 11 is 0. The van der Waals surface area contributed by atoms with Crippen LogP contribution in [0.5, 0.6) is 5.75 Å². The molecule has 0 spiro atoms. The van der Waals surface area contributed by atoms with E-state index in [1.54, 1.807) is 12.1 Å². The zero-order valence-electron chi connectivity index (χ0n) is 10.6. The van der Waals surface area contributed by atoms with E-state index in [0.29, 0.717) is 17.4 Å². The molecule has 0 atom stereocenters. The van der Waals surface area contributed by atoms with E-state index in [9.17, 15) is 13.6 Å². The summed E-state index contributed by atoms with van der Waals surface area (Å²) in [6, 6.07) is 7.91. The molecule has 4 nitrogen and oxygen atoms in total. The number of hydrogen-bond donors (Lipinski definition) is 2. The van der Waals surface area contributed by atoms with Crippen LogP contribution in [0.15, 0.2) is 36.4 Å². The summed E-state index contributed by atoms with van der Waals surface area (Å²) in [6.45, 7) is 0. The van der Waals surface area contributed by atoms with Gasteiger partial charge in [-0.3, -0.25) is 4.79 Å². The zero-order valence-corrected chi connectivity index (χ0v) is 10.6. The second kappa shape index (κ2) is 5.56. The number of benzene rings is 2. The molecule has 0 aliphatic heterocycles. The average molecular weight is 278 g/mol. The molecule has 3 N–H and O–H groups in total. The lowest BCUT2D eigenvalue weighted by Crippen LogP contribution is -2.13. The summed E-state index contributed by atoms with van der Waals surface area (Å²) in [4.78, 5) is 11.9. The van der Waals surface area contributed by atoms with E-state index < -0.39 is 17.5 Å². The summed E-state index contributed by atoms with van der Waals surface area (Å²) in [5.74, 6) is -1.69. The first-order valence-corrected chi connectivity index (χ1v) is 5.71. The number of carbonyl (C=O) groups is 1. The van der Waals surface area contributed by atoms with Crippen LogP contribution in [0.4, 0.5) is 20.2 Å². The predicted molar refractivity (Wildman–Crippen MR) is 71.7 cm³/mol. The maximum absolute atomic E-state index is 13.5. The standard InChI is InChI=1S/C14H12F2N2O2/c1-20-9-4-2-8(3-5-9)14(19)18-13-7-12(17)10(15)6-11(13)16/h2-7H,17H2,1H3,(H,18,19). The van der Waals surface area contributed by atoms with Gasteiger partial charge in [-0.05, 0) is 30.3 Å². The highest BCUT2D eigenvalue weighted by Crippen LogP contribution is 2.22. The molecule has 0 saturated heterocycles. The van der Waals surface area contributed by atoms with E-state index in [4.69, 9.17) is 10.5 Å². The number of halogens is 2. The Morgan fingerprint density at radius 3 is 2.40 bits per heavy atom. The summed E-state index contributed by atoms with van der Waals surface area (Å²) in [5, 5.41) is 2.33. The number of nitrogens with two attached hydrogens (primary N) is 1. The zero-order chi connectivity index (χ0) is 14.7. The lowest BCUT2D eigenvalue weighted by atomic mass is 10.2. The smallest absolute Gasteiger partial charge is 0.255 e. The van der Waals surface area contributed by atoms with Gasteiger partial charge in [0.1, 0.15) is 17.4 Å². The molecule has 0 aliphatic rings. The van der Waals surface area contributed by atoms with Crippen molar-refractivity contribution in [2.45, 2.75) is 0 Å². The number of anilines is 2. The van der Waals surface area contributed by atoms with Crippen LogP contribution in [0.25, 0.3) is 0 Å². The van der Waals surface area contributed by atoms with Crippen molar-refractivity contribution in [3.63, 3.8) is 0 Å². The fourth-order valence-electron chi connectivity index (χ4n) is 1.60. The molecular weight excluding hydrogens is 266 g/mol. The van der Waals surface area contributed by atoms with Crippen LogP contribution in [-0.2, 0) is 0 Å². The van der Waals surface area contributed by atoms with Gasteiger partial charge in [-0.15, -0.1) is 0 Å². The van der Waals surface area contributed by atoms with Crippen molar-refractivity contribution in [3.05, 3.63) is 53.6 Å². The quantitative estimate of drug-likeness (QED) is 0.848. The van der Waals surface area contributed by atoms with Crippen LogP contribution < -0.4 is 15.8 Å². The van der Waals surface area contributed by atoms with Crippen molar-refractivity contribution in [1.82, 2.24) is 0 Å². The largest absolute Gasteiger partial charge is 0.497 e. The van der Waals surface area contributed by atoms with E-state index in [1.165, 1.54) is 19.2 Å². The summed E-state index contributed by atoms with van der Waals surface area (Å²) < 4.78 is 31.5. The molecule has 20 heavy (non-hydrogen) atoms. The molecule has 0 heterocycles. The number of amides is 1. The number of carbonyl (C=O) groups excluding carboxylic acids is 1. The molecule has 6 heteroatoms. The Morgan fingerprint density at radius 2 is 1.80 bits per heavy atom. The third-order valence-corrected chi connectivity index (χ3v) is 2.69. The topological polar surface area (TPSA) is 64.3 Å². The number of nitrogen functional groups attached to an aromatic ring is 1. The normalized spacial score (nSPS) is 10.2. The minimum Gasteiger partial charge on any atom is -0.497 e. The van der Waals surface area contributed by atoms with Gasteiger partial charge in [0.2, 0.25) is 0 Å². The van der Waals surface area contributed by atoms with Gasteiger partial charge in [-0.25, -0.2) is 8.78 Å². The third kappa shape index (κ3) is 2.85. The molecule has 2 aromatic carbocycles. The van der Waals surface area contributed by atoms with E-state index in [1.807, 2.05) is 0 Å². The van der Waals surface area contributed by atoms with E-state index >= 15 is 0 Å². The minimum atomic E-state index is -0.890. The molecule has 0 aromatic heterocycles. The summed E-state index contributed by atoms with van der Waals surface area (Å²) in [5.41, 5.74) is 5.23. The molecule has 0 fully saturated rings. The fourth-order valence-corrected chi connectivity index (χ4v) is 1.60. The molecule has 1 amide bonds. The Morgan fingerprint density at radius 1 is 1.15 bits per heavy atom. The van der Waals surface area contributed by atoms with Gasteiger partial charge >= 0.3 is 0 Å². The monoisotopic (exact) mass is 278 g/mol. The number of methoxy groups -OCH3 is 1. The fraction of sp³-hybridized carbons (Fsp3) is 0.0714. The van der Waals surface area contributed by atoms with Crippen LogP contribution in [0.1, 0.15) is 10.4 Å². The summed E-state index contributed by atoms with van der Waals surface area (Å²) in [6.07, 6.45) is 0. The highest BCUT2D eigenvalue weighted by Gasteiger charge is 2.12. The first-order valence-electron chi connectivity index (χ1n) is 5.71. The Bertz CT molecular complexity index is 642. The van der Waals surface area contributed by atoms with Gasteiger partial charge in [-0.1, -0.05) is 0 Å². The van der Waals surface area contributed by atoms with Gasteiger partial charge in [0.05, 0.1) is 18.5 Å². The first-order chi connectivity index (χ1) is 9.51. The molecule has 0 bridgehead atoms. The SMILES string of the molecule is COc1ccc(C(=O)Nc2cc(N)c(F)cc2F)cc1. The number of rotatable bonds is 3. The van der Waals surface area contributed by atoms with Crippen LogP contribution >= 0.6 is 0 Å². The van der Waals surface area contributed by atoms with Crippen molar-refractivity contribution in [2.24, 2.45) is 0 Å². The highest BCUT2D eigenvalue weighted by molar-refractivity contribution is 6.04. The van der Waals surface area contributed by atoms with Crippen molar-refractivity contribution >= 4 is 17.3 Å². The minimum absolute atomic E-state index is 0.176. The molecule has 0 aliphatic carbocycles. The van der Waals surface area contributed by atoms with E-state index in [2.05, 4.69) is 5.32 Å². The maximum Gasteiger partial charge on any atom is 0.255 e. The van der Waals surface area contributed by atoms with Gasteiger partial charge in [0, 0.05) is 11.6 Å². The van der Waals surface area contributed by atoms with Crippen LogP contribution in [0, 0.1) is 11.6 Å². The lowest BCUT2D eigenvalue weighted by Gasteiger charge is -2.08. The first kappa shape index (κ1) is 13.8. The molecular formula is C14H12F2N2O2. The second-order valence-electron chi connectivity index (χ2n) is 4.04. The molecule has 104 valence electrons. The van der Waals surface area contributed by atoms with Crippen LogP contribution in [-0.4, -0.2) is 13.0 Å². The maximum atomic E-state index is 13.5. The van der Waals surface area contributed by atoms with E-state index in [0.717, 1.165) is 6.07 Å². The van der Waals surface area contributed by atoms with Crippen molar-refractivity contribution in [1.29, 1.82) is 0 Å². The third-order valence-electron chi connectivity index (χ3n) is 2.69. The lowest BCUT2D eigenvalue weighted by molar-refractivity contribution is 0.102.